The first kappa shape index (κ1) is 22.7. The summed E-state index contributed by atoms with van der Waals surface area (Å²) in [5.41, 5.74) is 2.36. The van der Waals surface area contributed by atoms with E-state index < -0.39 is 0 Å². The molecule has 10 nitrogen and oxygen atoms in total. The van der Waals surface area contributed by atoms with Crippen molar-refractivity contribution < 1.29 is 19.1 Å². The molecule has 0 saturated carbocycles. The Kier molecular flexibility index (Phi) is 7.41. The lowest BCUT2D eigenvalue weighted by molar-refractivity contribution is -0.134. The van der Waals surface area contributed by atoms with E-state index in [2.05, 4.69) is 15.3 Å². The van der Waals surface area contributed by atoms with Gasteiger partial charge >= 0.3 is 0 Å². The van der Waals surface area contributed by atoms with Gasteiger partial charge in [-0.05, 0) is 12.8 Å². The maximum Gasteiger partial charge on any atom is 0.274 e. The predicted octanol–water partition coefficient (Wildman–Crippen LogP) is -0.231. The Morgan fingerprint density at radius 3 is 2.50 bits per heavy atom. The molecule has 3 aliphatic heterocycles. The normalized spacial score (nSPS) is 19.2. The van der Waals surface area contributed by atoms with Gasteiger partial charge in [-0.15, -0.1) is 0 Å². The first-order chi connectivity index (χ1) is 15.5. The molecule has 0 spiro atoms. The summed E-state index contributed by atoms with van der Waals surface area (Å²) < 4.78 is 7.10. The number of fused-ring (bicyclic) bond motifs is 1. The van der Waals surface area contributed by atoms with Crippen molar-refractivity contribution in [3.63, 3.8) is 0 Å². The van der Waals surface area contributed by atoms with Crippen LogP contribution in [0.4, 0.5) is 0 Å². The summed E-state index contributed by atoms with van der Waals surface area (Å²) in [5, 5.41) is 7.40. The zero-order chi connectivity index (χ0) is 22.5. The first-order valence-electron chi connectivity index (χ1n) is 11.7. The number of rotatable bonds is 7. The molecule has 1 aromatic heterocycles. The van der Waals surface area contributed by atoms with Crippen LogP contribution in [0.1, 0.15) is 47.4 Å². The van der Waals surface area contributed by atoms with Gasteiger partial charge in [-0.2, -0.15) is 5.10 Å². The highest BCUT2D eigenvalue weighted by Gasteiger charge is 2.32. The Morgan fingerprint density at radius 2 is 1.75 bits per heavy atom. The van der Waals surface area contributed by atoms with Crippen LogP contribution in [0.25, 0.3) is 0 Å². The van der Waals surface area contributed by atoms with Crippen molar-refractivity contribution in [1.29, 1.82) is 0 Å². The summed E-state index contributed by atoms with van der Waals surface area (Å²) in [6.07, 6.45) is 3.08. The second kappa shape index (κ2) is 10.4. The Labute approximate surface area is 188 Å². The van der Waals surface area contributed by atoms with Crippen molar-refractivity contribution in [1.82, 2.24) is 29.8 Å². The topological polar surface area (TPSA) is 100 Å². The lowest BCUT2D eigenvalue weighted by Gasteiger charge is -2.28. The van der Waals surface area contributed by atoms with Gasteiger partial charge in [0.2, 0.25) is 11.8 Å². The van der Waals surface area contributed by atoms with Gasteiger partial charge in [-0.1, -0.05) is 0 Å². The summed E-state index contributed by atoms with van der Waals surface area (Å²) >= 11 is 0. The van der Waals surface area contributed by atoms with Gasteiger partial charge in [0.25, 0.3) is 5.91 Å². The van der Waals surface area contributed by atoms with Gasteiger partial charge in [0.05, 0.1) is 13.2 Å². The summed E-state index contributed by atoms with van der Waals surface area (Å²) in [7, 11) is 1.86. The molecule has 4 rings (SSSR count). The molecule has 3 amide bonds. The number of aromatic nitrogens is 2. The molecule has 32 heavy (non-hydrogen) atoms. The summed E-state index contributed by atoms with van der Waals surface area (Å²) in [6.45, 7) is 7.15. The first-order valence-corrected chi connectivity index (χ1v) is 11.7. The van der Waals surface area contributed by atoms with Crippen LogP contribution < -0.4 is 5.32 Å². The van der Waals surface area contributed by atoms with E-state index in [4.69, 9.17) is 4.74 Å². The number of carbonyl (C=O) groups excluding carboxylic acids is 3. The lowest BCUT2D eigenvalue weighted by Crippen LogP contribution is -2.41. The minimum atomic E-state index is -0.101. The third-order valence-electron chi connectivity index (χ3n) is 6.61. The molecule has 1 N–H and O–H groups in total. The third kappa shape index (κ3) is 5.29. The van der Waals surface area contributed by atoms with Crippen LogP contribution in [0.3, 0.4) is 0 Å². The molecule has 3 aliphatic rings. The Hall–Kier alpha value is -2.46. The number of morpholine rings is 1. The van der Waals surface area contributed by atoms with Gasteiger partial charge in [0.15, 0.2) is 5.69 Å². The molecule has 0 bridgehead atoms. The second-order valence-corrected chi connectivity index (χ2v) is 8.77. The molecular formula is C22H34N6O4. The highest BCUT2D eigenvalue weighted by atomic mass is 16.5. The van der Waals surface area contributed by atoms with E-state index in [-0.39, 0.29) is 30.6 Å². The molecule has 10 heteroatoms. The number of amides is 3. The molecular weight excluding hydrogens is 412 g/mol. The van der Waals surface area contributed by atoms with E-state index in [9.17, 15) is 14.4 Å². The van der Waals surface area contributed by atoms with Crippen molar-refractivity contribution in [2.24, 2.45) is 7.05 Å². The number of ether oxygens (including phenoxy) is 1. The number of hydrogen-bond acceptors (Lipinski definition) is 6. The molecule has 4 heterocycles. The van der Waals surface area contributed by atoms with E-state index in [0.717, 1.165) is 70.0 Å². The third-order valence-corrected chi connectivity index (χ3v) is 6.61. The lowest BCUT2D eigenvalue weighted by atomic mass is 10.0. The van der Waals surface area contributed by atoms with Crippen molar-refractivity contribution >= 4 is 17.7 Å². The van der Waals surface area contributed by atoms with E-state index in [1.165, 1.54) is 0 Å². The smallest absolute Gasteiger partial charge is 0.274 e. The summed E-state index contributed by atoms with van der Waals surface area (Å²) in [5.74, 6) is -0.189. The average molecular weight is 447 g/mol. The maximum absolute atomic E-state index is 12.9. The van der Waals surface area contributed by atoms with E-state index in [1.807, 2.05) is 11.9 Å². The minimum absolute atomic E-state index is 0.0340. The van der Waals surface area contributed by atoms with Crippen molar-refractivity contribution in [2.75, 3.05) is 59.0 Å². The van der Waals surface area contributed by atoms with Crippen LogP contribution in [0.2, 0.25) is 0 Å². The SMILES string of the molecule is Cn1nc(C(=O)N2CCCC2)c2c1CCN(C(=O)CCC(=O)NCCN1CCOCC1)C2. The molecule has 2 saturated heterocycles. The Balaban J connectivity index is 1.26. The Bertz CT molecular complexity index is 842. The highest BCUT2D eigenvalue weighted by molar-refractivity contribution is 5.94. The van der Waals surface area contributed by atoms with E-state index in [0.29, 0.717) is 31.7 Å². The number of hydrogen-bond donors (Lipinski definition) is 1. The molecule has 0 aromatic carbocycles. The van der Waals surface area contributed by atoms with Crippen molar-refractivity contribution in [3.8, 4) is 0 Å². The summed E-state index contributed by atoms with van der Waals surface area (Å²) in [6, 6.07) is 0. The maximum atomic E-state index is 12.9. The molecule has 176 valence electrons. The fourth-order valence-corrected chi connectivity index (χ4v) is 4.69. The Morgan fingerprint density at radius 1 is 1.00 bits per heavy atom. The number of likely N-dealkylation sites (tertiary alicyclic amines) is 1. The molecule has 1 aromatic rings. The van der Waals surface area contributed by atoms with Gasteiger partial charge in [0, 0.05) is 89.9 Å². The molecule has 0 atom stereocenters. The predicted molar refractivity (Wildman–Crippen MR) is 117 cm³/mol. The monoisotopic (exact) mass is 446 g/mol. The standard InChI is InChI=1S/C22H34N6O4/c1-25-18-6-10-28(16-17(18)21(24-25)22(31)27-8-2-3-9-27)20(30)5-4-19(29)23-7-11-26-12-14-32-15-13-26/h2-16H2,1H3,(H,23,29). The number of nitrogens with zero attached hydrogens (tertiary/aromatic N) is 5. The van der Waals surface area contributed by atoms with E-state index >= 15 is 0 Å². The number of carbonyl (C=O) groups is 3. The molecule has 0 aliphatic carbocycles. The van der Waals surface area contributed by atoms with Crippen LogP contribution in [0.5, 0.6) is 0 Å². The molecule has 0 radical (unpaired) electrons. The summed E-state index contributed by atoms with van der Waals surface area (Å²) in [4.78, 5) is 43.7. The highest BCUT2D eigenvalue weighted by Crippen LogP contribution is 2.25. The zero-order valence-electron chi connectivity index (χ0n) is 19.0. The number of aryl methyl sites for hydroxylation is 1. The number of nitrogens with one attached hydrogen (secondary N) is 1. The largest absolute Gasteiger partial charge is 0.379 e. The van der Waals surface area contributed by atoms with Crippen LogP contribution in [-0.4, -0.2) is 101 Å². The minimum Gasteiger partial charge on any atom is -0.379 e. The van der Waals surface area contributed by atoms with Gasteiger partial charge in [-0.3, -0.25) is 24.0 Å². The second-order valence-electron chi connectivity index (χ2n) is 8.77. The molecule has 0 unspecified atom stereocenters. The van der Waals surface area contributed by atoms with Crippen molar-refractivity contribution in [2.45, 2.75) is 38.6 Å². The average Bonchev–Trinajstić information content (AvgIpc) is 3.46. The molecule has 2 fully saturated rings. The van der Waals surface area contributed by atoms with Crippen LogP contribution in [0.15, 0.2) is 0 Å². The quantitative estimate of drug-likeness (QED) is 0.621. The van der Waals surface area contributed by atoms with E-state index in [1.54, 1.807) is 9.58 Å². The van der Waals surface area contributed by atoms with Crippen LogP contribution in [0, 0.1) is 0 Å². The van der Waals surface area contributed by atoms with Crippen molar-refractivity contribution in [3.05, 3.63) is 17.0 Å². The van der Waals surface area contributed by atoms with Gasteiger partial charge in [-0.25, -0.2) is 0 Å². The van der Waals surface area contributed by atoms with Crippen LogP contribution in [-0.2, 0) is 34.3 Å². The van der Waals surface area contributed by atoms with Crippen LogP contribution >= 0.6 is 0 Å². The zero-order valence-corrected chi connectivity index (χ0v) is 19.0. The van der Waals surface area contributed by atoms with Gasteiger partial charge < -0.3 is 19.9 Å². The fraction of sp³-hybridized carbons (Fsp3) is 0.727. The fourth-order valence-electron chi connectivity index (χ4n) is 4.69. The van der Waals surface area contributed by atoms with Gasteiger partial charge in [0.1, 0.15) is 0 Å².